The summed E-state index contributed by atoms with van der Waals surface area (Å²) in [6.45, 7) is 10.1. The van der Waals surface area contributed by atoms with E-state index in [0.717, 1.165) is 44.6 Å². The third kappa shape index (κ3) is 16.1. The van der Waals surface area contributed by atoms with Crippen molar-refractivity contribution in [3.8, 4) is 11.5 Å². The van der Waals surface area contributed by atoms with E-state index in [1.54, 1.807) is 25.1 Å². The number of ether oxygens (including phenoxy) is 6. The molecule has 0 unspecified atom stereocenters. The summed E-state index contributed by atoms with van der Waals surface area (Å²) in [6, 6.07) is 4.89. The minimum absolute atomic E-state index is 0.0358. The third-order valence-corrected chi connectivity index (χ3v) is 9.71. The van der Waals surface area contributed by atoms with Crippen LogP contribution >= 0.6 is 0 Å². The molecule has 0 N–H and O–H groups in total. The minimum Gasteiger partial charge on any atom is -0.465 e. The van der Waals surface area contributed by atoms with Crippen molar-refractivity contribution >= 4 is 35.6 Å². The van der Waals surface area contributed by atoms with Gasteiger partial charge in [0.1, 0.15) is 18.1 Å². The fraction of sp³-hybridized carbons (Fsp3) is 0.610. The van der Waals surface area contributed by atoms with Gasteiger partial charge in [-0.1, -0.05) is 13.2 Å². The van der Waals surface area contributed by atoms with Crippen LogP contribution in [-0.2, 0) is 47.7 Å². The molecule has 0 saturated heterocycles. The summed E-state index contributed by atoms with van der Waals surface area (Å²) >= 11 is 0. The first-order chi connectivity index (χ1) is 25.6. The lowest BCUT2D eigenvalue weighted by molar-refractivity contribution is -0.152. The fourth-order valence-corrected chi connectivity index (χ4v) is 6.41. The second kappa shape index (κ2) is 24.1. The minimum atomic E-state index is -0.427. The zero-order chi connectivity index (χ0) is 38.4. The number of hydrogen-bond acceptors (Lipinski definition) is 12. The number of carbonyl (C=O) groups is 6. The van der Waals surface area contributed by atoms with Crippen LogP contribution in [0.5, 0.6) is 11.5 Å². The van der Waals surface area contributed by atoms with E-state index < -0.39 is 5.97 Å². The third-order valence-electron chi connectivity index (χ3n) is 9.71. The predicted molar refractivity (Wildman–Crippen MR) is 195 cm³/mol. The largest absolute Gasteiger partial charge is 0.465 e. The molecule has 0 atom stereocenters. The average molecular weight is 741 g/mol. The maximum absolute atomic E-state index is 13.0. The summed E-state index contributed by atoms with van der Waals surface area (Å²) in [5.41, 5.74) is 0.653. The van der Waals surface area contributed by atoms with Gasteiger partial charge in [-0.05, 0) is 133 Å². The van der Waals surface area contributed by atoms with Crippen LogP contribution in [-0.4, -0.2) is 68.7 Å². The van der Waals surface area contributed by atoms with Gasteiger partial charge in [0.2, 0.25) is 0 Å². The molecule has 12 heteroatoms. The van der Waals surface area contributed by atoms with Crippen molar-refractivity contribution in [2.24, 2.45) is 23.7 Å². The number of benzene rings is 1. The summed E-state index contributed by atoms with van der Waals surface area (Å²) in [7, 11) is 0. The molecule has 1 aromatic rings. The molecule has 0 bridgehead atoms. The number of hydrogen-bond donors (Lipinski definition) is 0. The summed E-state index contributed by atoms with van der Waals surface area (Å²) in [4.78, 5) is 73.1. The van der Waals surface area contributed by atoms with Crippen LogP contribution in [0.15, 0.2) is 43.5 Å². The van der Waals surface area contributed by atoms with Gasteiger partial charge in [-0.2, -0.15) is 0 Å². The molecule has 0 aromatic heterocycles. The Morgan fingerprint density at radius 3 is 1.53 bits per heavy atom. The number of esters is 5. The van der Waals surface area contributed by atoms with E-state index in [-0.39, 0.29) is 59.9 Å². The molecule has 2 aliphatic carbocycles. The second-order valence-corrected chi connectivity index (χ2v) is 13.8. The fourth-order valence-electron chi connectivity index (χ4n) is 6.41. The van der Waals surface area contributed by atoms with Crippen molar-refractivity contribution in [1.82, 2.24) is 0 Å². The van der Waals surface area contributed by atoms with Crippen molar-refractivity contribution in [3.63, 3.8) is 0 Å². The van der Waals surface area contributed by atoms with E-state index in [0.29, 0.717) is 101 Å². The molecule has 0 spiro atoms. The van der Waals surface area contributed by atoms with Gasteiger partial charge in [0.15, 0.2) is 5.78 Å². The number of carbonyl (C=O) groups excluding carboxylic acids is 6. The van der Waals surface area contributed by atoms with Gasteiger partial charge in [0.25, 0.3) is 0 Å². The van der Waals surface area contributed by atoms with Crippen LogP contribution in [0.4, 0.5) is 0 Å². The van der Waals surface area contributed by atoms with Gasteiger partial charge in [-0.25, -0.2) is 4.79 Å². The van der Waals surface area contributed by atoms with Gasteiger partial charge in [-0.15, -0.1) is 0 Å². The molecule has 0 amide bonds. The van der Waals surface area contributed by atoms with E-state index in [1.165, 1.54) is 6.08 Å². The highest BCUT2D eigenvalue weighted by Gasteiger charge is 2.33. The lowest BCUT2D eigenvalue weighted by atomic mass is 9.82. The Balaban J connectivity index is 1.28. The molecule has 292 valence electrons. The van der Waals surface area contributed by atoms with Crippen molar-refractivity contribution in [3.05, 3.63) is 49.1 Å². The molecule has 0 aliphatic heterocycles. The van der Waals surface area contributed by atoms with Crippen molar-refractivity contribution < 1.29 is 57.2 Å². The number of rotatable bonds is 23. The van der Waals surface area contributed by atoms with Crippen molar-refractivity contribution in [2.45, 2.75) is 103 Å². The Hall–Kier alpha value is -4.32. The first-order valence-corrected chi connectivity index (χ1v) is 19.0. The summed E-state index contributed by atoms with van der Waals surface area (Å²) in [5.74, 6) is -2.07. The summed E-state index contributed by atoms with van der Waals surface area (Å²) < 4.78 is 32.5. The van der Waals surface area contributed by atoms with E-state index in [1.807, 2.05) is 0 Å². The molecule has 12 nitrogen and oxygen atoms in total. The molecule has 0 heterocycles. The highest BCUT2D eigenvalue weighted by Crippen LogP contribution is 2.34. The molecule has 3 rings (SSSR count). The topological polar surface area (TPSA) is 158 Å². The van der Waals surface area contributed by atoms with Crippen LogP contribution in [0, 0.1) is 30.6 Å². The number of unbranched alkanes of at least 4 members (excludes halogenated alkanes) is 5. The first kappa shape index (κ1) is 43.1. The number of aryl methyl sites for hydroxylation is 1. The maximum atomic E-state index is 13.0. The van der Waals surface area contributed by atoms with E-state index in [4.69, 9.17) is 28.4 Å². The van der Waals surface area contributed by atoms with Crippen LogP contribution in [0.3, 0.4) is 0 Å². The predicted octanol–water partition coefficient (Wildman–Crippen LogP) is 6.74. The summed E-state index contributed by atoms with van der Waals surface area (Å²) in [5, 5.41) is 0. The van der Waals surface area contributed by atoms with Gasteiger partial charge in [0, 0.05) is 12.7 Å². The van der Waals surface area contributed by atoms with Crippen molar-refractivity contribution in [2.75, 3.05) is 33.0 Å². The van der Waals surface area contributed by atoms with Crippen LogP contribution in [0.1, 0.15) is 102 Å². The molecular formula is C41H56O12. The Bertz CT molecular complexity index is 1380. The van der Waals surface area contributed by atoms with Gasteiger partial charge in [0.05, 0.1) is 43.5 Å². The Kier molecular flexibility index (Phi) is 19.6. The van der Waals surface area contributed by atoms with Gasteiger partial charge in [-0.3, -0.25) is 24.0 Å². The Morgan fingerprint density at radius 2 is 1.04 bits per heavy atom. The molecule has 53 heavy (non-hydrogen) atoms. The average Bonchev–Trinajstić information content (AvgIpc) is 3.17. The van der Waals surface area contributed by atoms with Gasteiger partial charge >= 0.3 is 29.8 Å². The number of ketones is 1. The first-order valence-electron chi connectivity index (χ1n) is 19.0. The zero-order valence-corrected chi connectivity index (χ0v) is 31.2. The summed E-state index contributed by atoms with van der Waals surface area (Å²) in [6.07, 6.45) is 12.3. The monoisotopic (exact) mass is 740 g/mol. The smallest absolute Gasteiger partial charge is 0.330 e. The molecule has 0 radical (unpaired) electrons. The molecule has 2 saturated carbocycles. The maximum Gasteiger partial charge on any atom is 0.330 e. The van der Waals surface area contributed by atoms with Gasteiger partial charge < -0.3 is 28.4 Å². The molecule has 1 aromatic carbocycles. The zero-order valence-electron chi connectivity index (χ0n) is 31.2. The SMILES string of the molecule is C=CC(=O)COCCCCCOC(=O)C1CCC(C(=O)Oc2ccc(OC(=O)C3CCC(C(=O)OCCCCCCOC(=O)C=C)CC3)c(C)c2)CC1. The second-order valence-electron chi connectivity index (χ2n) is 13.8. The normalized spacial score (nSPS) is 19.6. The molecular weight excluding hydrogens is 684 g/mol. The van der Waals surface area contributed by atoms with E-state index >= 15 is 0 Å². The quantitative estimate of drug-likeness (QED) is 0.0383. The van der Waals surface area contributed by atoms with E-state index in [2.05, 4.69) is 13.2 Å². The Morgan fingerprint density at radius 1 is 0.585 bits per heavy atom. The Labute approximate surface area is 312 Å². The molecule has 2 aliphatic rings. The van der Waals surface area contributed by atoms with Crippen molar-refractivity contribution in [1.29, 1.82) is 0 Å². The van der Waals surface area contributed by atoms with Crippen LogP contribution in [0.2, 0.25) is 0 Å². The lowest BCUT2D eigenvalue weighted by Crippen LogP contribution is -2.30. The van der Waals surface area contributed by atoms with Crippen LogP contribution in [0.25, 0.3) is 0 Å². The highest BCUT2D eigenvalue weighted by molar-refractivity contribution is 5.90. The lowest BCUT2D eigenvalue weighted by Gasteiger charge is -2.26. The van der Waals surface area contributed by atoms with E-state index in [9.17, 15) is 28.8 Å². The standard InChI is InChI=1S/C41H56O12/c1-4-34(42)28-48-23-9-8-12-26-51-39(45)30-13-17-32(18-14-30)40(46)52-35-21-22-36(29(3)27-35)53-41(47)33-19-15-31(16-20-33)38(44)50-25-11-7-6-10-24-49-37(43)5-2/h4-5,21-22,27,30-33H,1-2,6-20,23-26,28H2,3H3. The van der Waals surface area contributed by atoms with Crippen LogP contribution < -0.4 is 9.47 Å². The molecule has 2 fully saturated rings. The highest BCUT2D eigenvalue weighted by atomic mass is 16.6.